The number of nitrogens with zero attached hydrogens (tertiary/aromatic N) is 4. The van der Waals surface area contributed by atoms with Gasteiger partial charge in [-0.15, -0.1) is 0 Å². The number of amides is 1. The average molecular weight is 302 g/mol. The first-order chi connectivity index (χ1) is 10.6. The van der Waals surface area contributed by atoms with Gasteiger partial charge in [0.05, 0.1) is 6.20 Å². The fraction of sp³-hybridized carbons (Fsp3) is 0.765. The molecule has 1 aliphatic carbocycles. The zero-order valence-corrected chi connectivity index (χ0v) is 13.6. The molecule has 0 bridgehead atoms. The second-order valence-corrected chi connectivity index (χ2v) is 7.33. The first-order valence-electron chi connectivity index (χ1n) is 8.64. The van der Waals surface area contributed by atoms with Crippen molar-refractivity contribution in [2.24, 2.45) is 13.0 Å². The molecule has 4 atom stereocenters. The van der Waals surface area contributed by atoms with E-state index < -0.39 is 0 Å². The molecule has 3 aliphatic rings. The summed E-state index contributed by atoms with van der Waals surface area (Å²) in [6.45, 7) is 2.15. The minimum atomic E-state index is 0.205. The number of carbonyl (C=O) groups is 1. The van der Waals surface area contributed by atoms with Crippen LogP contribution in [0, 0.1) is 5.92 Å². The van der Waals surface area contributed by atoms with Crippen LogP contribution in [0.25, 0.3) is 0 Å². The summed E-state index contributed by atoms with van der Waals surface area (Å²) in [6.07, 6.45) is 9.88. The number of hydrogen-bond acceptors (Lipinski definition) is 3. The lowest BCUT2D eigenvalue weighted by atomic mass is 10.0. The fourth-order valence-corrected chi connectivity index (χ4v) is 4.57. The van der Waals surface area contributed by atoms with E-state index in [4.69, 9.17) is 0 Å². The van der Waals surface area contributed by atoms with Crippen LogP contribution in [0.1, 0.15) is 43.6 Å². The van der Waals surface area contributed by atoms with Crippen molar-refractivity contribution in [1.29, 1.82) is 0 Å². The third-order valence-corrected chi connectivity index (χ3v) is 5.86. The minimum Gasteiger partial charge on any atom is -0.338 e. The Hall–Kier alpha value is -1.36. The largest absolute Gasteiger partial charge is 0.338 e. The van der Waals surface area contributed by atoms with Crippen LogP contribution < -0.4 is 0 Å². The average Bonchev–Trinajstić information content (AvgIpc) is 2.84. The molecule has 5 heteroatoms. The highest BCUT2D eigenvalue weighted by Crippen LogP contribution is 2.49. The normalized spacial score (nSPS) is 35.3. The molecule has 1 aromatic heterocycles. The number of likely N-dealkylation sites (tertiary alicyclic amines) is 2. The van der Waals surface area contributed by atoms with Gasteiger partial charge >= 0.3 is 0 Å². The van der Waals surface area contributed by atoms with E-state index in [1.165, 1.54) is 37.8 Å². The van der Waals surface area contributed by atoms with Gasteiger partial charge in [0.1, 0.15) is 0 Å². The summed E-state index contributed by atoms with van der Waals surface area (Å²) >= 11 is 0. The maximum Gasteiger partial charge on any atom is 0.226 e. The molecule has 5 nitrogen and oxygen atoms in total. The van der Waals surface area contributed by atoms with Crippen molar-refractivity contribution in [2.45, 2.75) is 50.1 Å². The van der Waals surface area contributed by atoms with Gasteiger partial charge in [-0.1, -0.05) is 0 Å². The van der Waals surface area contributed by atoms with E-state index in [9.17, 15) is 4.79 Å². The summed E-state index contributed by atoms with van der Waals surface area (Å²) < 4.78 is 1.83. The molecule has 1 amide bonds. The monoisotopic (exact) mass is 302 g/mol. The summed E-state index contributed by atoms with van der Waals surface area (Å²) in [5, 5.41) is 4.24. The fourth-order valence-electron chi connectivity index (χ4n) is 4.57. The molecule has 0 radical (unpaired) electrons. The van der Waals surface area contributed by atoms with Gasteiger partial charge in [0.2, 0.25) is 5.91 Å². The first kappa shape index (κ1) is 14.2. The van der Waals surface area contributed by atoms with E-state index >= 15 is 0 Å². The van der Waals surface area contributed by atoms with Gasteiger partial charge in [0.25, 0.3) is 0 Å². The van der Waals surface area contributed by atoms with E-state index in [1.54, 1.807) is 0 Å². The van der Waals surface area contributed by atoms with Crippen molar-refractivity contribution >= 4 is 5.91 Å². The highest BCUT2D eigenvalue weighted by Gasteiger charge is 2.49. The summed E-state index contributed by atoms with van der Waals surface area (Å²) in [4.78, 5) is 17.6. The van der Waals surface area contributed by atoms with Crippen LogP contribution in [0.5, 0.6) is 0 Å². The van der Waals surface area contributed by atoms with Crippen LogP contribution in [0.4, 0.5) is 0 Å². The van der Waals surface area contributed by atoms with Gasteiger partial charge < -0.3 is 9.80 Å². The molecule has 0 aromatic carbocycles. The lowest BCUT2D eigenvalue weighted by molar-refractivity contribution is -0.134. The molecule has 1 aromatic rings. The Kier molecular flexibility index (Phi) is 3.48. The number of rotatable bonds is 3. The predicted octanol–water partition coefficient (Wildman–Crippen LogP) is 1.61. The molecule has 120 valence electrons. The first-order valence-corrected chi connectivity index (χ1v) is 8.64. The van der Waals surface area contributed by atoms with E-state index in [1.807, 2.05) is 17.9 Å². The molecule has 4 rings (SSSR count). The quantitative estimate of drug-likeness (QED) is 0.852. The number of aryl methyl sites for hydroxylation is 1. The Bertz CT molecular complexity index is 569. The molecule has 3 heterocycles. The molecule has 0 spiro atoms. The Morgan fingerprint density at radius 1 is 1.18 bits per heavy atom. The Morgan fingerprint density at radius 3 is 2.64 bits per heavy atom. The Labute approximate surface area is 132 Å². The Balaban J connectivity index is 1.44. The molecule has 1 saturated carbocycles. The van der Waals surface area contributed by atoms with Crippen molar-refractivity contribution < 1.29 is 4.79 Å². The minimum absolute atomic E-state index is 0.205. The molecule has 2 saturated heterocycles. The van der Waals surface area contributed by atoms with Crippen molar-refractivity contribution in [3.05, 3.63) is 18.0 Å². The van der Waals surface area contributed by atoms with Crippen LogP contribution in [0.2, 0.25) is 0 Å². The van der Waals surface area contributed by atoms with Crippen LogP contribution in [0.15, 0.2) is 12.4 Å². The van der Waals surface area contributed by atoms with E-state index in [2.05, 4.69) is 28.1 Å². The van der Waals surface area contributed by atoms with Gasteiger partial charge in [-0.25, -0.2) is 0 Å². The molecule has 2 aliphatic heterocycles. The molecule has 22 heavy (non-hydrogen) atoms. The lowest BCUT2D eigenvalue weighted by Crippen LogP contribution is -2.47. The van der Waals surface area contributed by atoms with Crippen LogP contribution in [0.3, 0.4) is 0 Å². The van der Waals surface area contributed by atoms with E-state index in [0.29, 0.717) is 23.9 Å². The van der Waals surface area contributed by atoms with Gasteiger partial charge in [0, 0.05) is 37.8 Å². The number of hydrogen-bond donors (Lipinski definition) is 0. The third kappa shape index (κ3) is 2.35. The summed E-state index contributed by atoms with van der Waals surface area (Å²) in [5.41, 5.74) is 1.23. The SMILES string of the molecule is CN1CCC[C@@H]1[C@@H]1CCCN1C(=O)[C@H]1C[C@H]1c1cnn(C)c1. The van der Waals surface area contributed by atoms with Gasteiger partial charge in [-0.05, 0) is 57.2 Å². The van der Waals surface area contributed by atoms with Crippen molar-refractivity contribution in [1.82, 2.24) is 19.6 Å². The van der Waals surface area contributed by atoms with Gasteiger partial charge in [-0.3, -0.25) is 9.48 Å². The van der Waals surface area contributed by atoms with Crippen molar-refractivity contribution in [3.8, 4) is 0 Å². The van der Waals surface area contributed by atoms with Crippen molar-refractivity contribution in [2.75, 3.05) is 20.1 Å². The molecule has 3 fully saturated rings. The third-order valence-electron chi connectivity index (χ3n) is 5.86. The predicted molar refractivity (Wildman–Crippen MR) is 84.4 cm³/mol. The van der Waals surface area contributed by atoms with E-state index in [0.717, 1.165) is 13.0 Å². The zero-order chi connectivity index (χ0) is 15.3. The summed E-state index contributed by atoms with van der Waals surface area (Å²) in [7, 11) is 4.16. The lowest BCUT2D eigenvalue weighted by Gasteiger charge is -2.33. The topological polar surface area (TPSA) is 41.4 Å². The maximum atomic E-state index is 13.0. The molecular formula is C17H26N4O. The molecule has 0 N–H and O–H groups in total. The highest BCUT2D eigenvalue weighted by molar-refractivity contribution is 5.83. The Morgan fingerprint density at radius 2 is 1.95 bits per heavy atom. The summed E-state index contributed by atoms with van der Waals surface area (Å²) in [5.74, 6) is 1.01. The van der Waals surface area contributed by atoms with Crippen LogP contribution in [-0.4, -0.2) is 57.7 Å². The summed E-state index contributed by atoms with van der Waals surface area (Å²) in [6, 6.07) is 1.04. The van der Waals surface area contributed by atoms with Crippen molar-refractivity contribution in [3.63, 3.8) is 0 Å². The smallest absolute Gasteiger partial charge is 0.226 e. The van der Waals surface area contributed by atoms with E-state index in [-0.39, 0.29) is 5.92 Å². The highest BCUT2D eigenvalue weighted by atomic mass is 16.2. The molecular weight excluding hydrogens is 276 g/mol. The molecule has 0 unspecified atom stereocenters. The van der Waals surface area contributed by atoms with Gasteiger partial charge in [0.15, 0.2) is 0 Å². The number of carbonyl (C=O) groups excluding carboxylic acids is 1. The standard InChI is InChI=1S/C17H26N4O/c1-19-7-3-5-15(19)16-6-4-8-21(16)17(22)14-9-13(14)12-10-18-20(2)11-12/h10-11,13-16H,3-9H2,1-2H3/t13-,14-,15+,16-/m0/s1. The van der Waals surface area contributed by atoms with Crippen LogP contribution >= 0.6 is 0 Å². The zero-order valence-electron chi connectivity index (χ0n) is 13.6. The maximum absolute atomic E-state index is 13.0. The second kappa shape index (κ2) is 5.37. The second-order valence-electron chi connectivity index (χ2n) is 7.33. The number of aromatic nitrogens is 2. The van der Waals surface area contributed by atoms with Gasteiger partial charge in [-0.2, -0.15) is 5.10 Å². The number of likely N-dealkylation sites (N-methyl/N-ethyl adjacent to an activating group) is 1. The van der Waals surface area contributed by atoms with Crippen LogP contribution in [-0.2, 0) is 11.8 Å².